The number of carbonyl (C=O) groups is 1. The van der Waals surface area contributed by atoms with E-state index < -0.39 is 11.4 Å². The van der Waals surface area contributed by atoms with E-state index in [1.54, 1.807) is 19.9 Å². The zero-order valence-electron chi connectivity index (χ0n) is 15.3. The lowest BCUT2D eigenvalue weighted by atomic mass is 9.79. The highest BCUT2D eigenvalue weighted by Gasteiger charge is 2.49. The molecule has 5 nitrogen and oxygen atoms in total. The first-order valence-corrected chi connectivity index (χ1v) is 7.85. The molecule has 0 spiro atoms. The molecule has 1 N–H and O–H groups in total. The van der Waals surface area contributed by atoms with Crippen molar-refractivity contribution in [3.8, 4) is 0 Å². The highest BCUT2D eigenvalue weighted by molar-refractivity contribution is 6.08. The monoisotopic (exact) mass is 324 g/mol. The van der Waals surface area contributed by atoms with E-state index >= 15 is 0 Å². The van der Waals surface area contributed by atoms with Gasteiger partial charge in [0.15, 0.2) is 17.1 Å². The van der Waals surface area contributed by atoms with Crippen LogP contribution < -0.4 is 0 Å². The summed E-state index contributed by atoms with van der Waals surface area (Å²) in [5.41, 5.74) is -0.535. The molecular formula is C18H28O5. The first-order chi connectivity index (χ1) is 10.6. The standard InChI is InChI=1S/C18H28O5/c1-9-12(6)18(20)13(7)15(21-8)14(19)16(22-10(2)3)17(18)23-11(4)5/h9-11,20H,1-8H3/b12-9+/t18-/m1/s1. The number of ether oxygens (including phenoxy) is 3. The minimum absolute atomic E-state index is 0.000139. The SMILES string of the molecule is C/C=C(\C)[C@@]1(O)C(C)=C(OC)C(=O)C(OC(C)C)=C1OC(C)C. The predicted octanol–water partition coefficient (Wildman–Crippen LogP) is 3.25. The molecule has 0 aliphatic heterocycles. The number of hydrogen-bond acceptors (Lipinski definition) is 5. The number of methoxy groups -OCH3 is 1. The van der Waals surface area contributed by atoms with Gasteiger partial charge in [0.25, 0.3) is 5.78 Å². The normalized spacial score (nSPS) is 23.1. The molecule has 1 rings (SSSR count). The third kappa shape index (κ3) is 3.44. The topological polar surface area (TPSA) is 65.0 Å². The van der Waals surface area contributed by atoms with E-state index in [9.17, 15) is 9.90 Å². The molecule has 1 aliphatic rings. The molecule has 0 fully saturated rings. The fourth-order valence-electron chi connectivity index (χ4n) is 2.52. The molecular weight excluding hydrogens is 296 g/mol. The summed E-state index contributed by atoms with van der Waals surface area (Å²) in [6.45, 7) is 12.6. The molecule has 1 atom stereocenters. The fraction of sp³-hybridized carbons (Fsp3) is 0.611. The van der Waals surface area contributed by atoms with E-state index in [4.69, 9.17) is 14.2 Å². The van der Waals surface area contributed by atoms with Crippen molar-refractivity contribution in [2.24, 2.45) is 0 Å². The van der Waals surface area contributed by atoms with Crippen molar-refractivity contribution in [2.45, 2.75) is 66.3 Å². The first-order valence-electron chi connectivity index (χ1n) is 7.85. The Morgan fingerprint density at radius 2 is 1.65 bits per heavy atom. The van der Waals surface area contributed by atoms with E-state index in [0.29, 0.717) is 11.1 Å². The molecule has 0 aromatic heterocycles. The second kappa shape index (κ2) is 7.21. The van der Waals surface area contributed by atoms with Gasteiger partial charge in [0.2, 0.25) is 5.76 Å². The van der Waals surface area contributed by atoms with Crippen LogP contribution in [-0.2, 0) is 19.0 Å². The summed E-state index contributed by atoms with van der Waals surface area (Å²) in [6.07, 6.45) is 1.31. The van der Waals surface area contributed by atoms with Crippen molar-refractivity contribution in [1.29, 1.82) is 0 Å². The molecule has 0 heterocycles. The summed E-state index contributed by atoms with van der Waals surface area (Å²) in [4.78, 5) is 12.7. The third-order valence-electron chi connectivity index (χ3n) is 3.75. The summed E-state index contributed by atoms with van der Waals surface area (Å²) in [6, 6.07) is 0. The summed E-state index contributed by atoms with van der Waals surface area (Å²) in [5.74, 6) is -0.205. The molecule has 0 saturated carbocycles. The van der Waals surface area contributed by atoms with Crippen molar-refractivity contribution < 1.29 is 24.1 Å². The van der Waals surface area contributed by atoms with Crippen molar-refractivity contribution in [1.82, 2.24) is 0 Å². The van der Waals surface area contributed by atoms with Gasteiger partial charge in [0.05, 0.1) is 19.3 Å². The number of ketones is 1. The summed E-state index contributed by atoms with van der Waals surface area (Å²) >= 11 is 0. The Bertz CT molecular complexity index is 566. The van der Waals surface area contributed by atoms with Gasteiger partial charge in [-0.2, -0.15) is 0 Å². The van der Waals surface area contributed by atoms with E-state index in [0.717, 1.165) is 0 Å². The van der Waals surface area contributed by atoms with Crippen LogP contribution in [0.5, 0.6) is 0 Å². The Morgan fingerprint density at radius 3 is 2.04 bits per heavy atom. The van der Waals surface area contributed by atoms with Gasteiger partial charge >= 0.3 is 0 Å². The lowest BCUT2D eigenvalue weighted by molar-refractivity contribution is -0.121. The van der Waals surface area contributed by atoms with Gasteiger partial charge in [-0.15, -0.1) is 0 Å². The van der Waals surface area contributed by atoms with Gasteiger partial charge < -0.3 is 19.3 Å². The van der Waals surface area contributed by atoms with Crippen LogP contribution in [0.3, 0.4) is 0 Å². The first kappa shape index (κ1) is 19.3. The van der Waals surface area contributed by atoms with Crippen molar-refractivity contribution in [3.63, 3.8) is 0 Å². The Balaban J connectivity index is 3.72. The smallest absolute Gasteiger partial charge is 0.265 e. The van der Waals surface area contributed by atoms with Gasteiger partial charge in [-0.3, -0.25) is 4.79 Å². The quantitative estimate of drug-likeness (QED) is 0.760. The molecule has 0 unspecified atom stereocenters. The number of aliphatic hydroxyl groups is 1. The molecule has 0 amide bonds. The molecule has 0 saturated heterocycles. The highest BCUT2D eigenvalue weighted by Crippen LogP contribution is 2.42. The van der Waals surface area contributed by atoms with Crippen molar-refractivity contribution >= 4 is 5.78 Å². The summed E-state index contributed by atoms with van der Waals surface area (Å²) < 4.78 is 16.8. The van der Waals surface area contributed by atoms with E-state index in [1.165, 1.54) is 7.11 Å². The summed E-state index contributed by atoms with van der Waals surface area (Å²) in [7, 11) is 1.41. The van der Waals surface area contributed by atoms with E-state index in [1.807, 2.05) is 34.6 Å². The zero-order chi connectivity index (χ0) is 17.9. The minimum atomic E-state index is -1.57. The third-order valence-corrected chi connectivity index (χ3v) is 3.75. The van der Waals surface area contributed by atoms with Crippen molar-refractivity contribution in [2.75, 3.05) is 7.11 Å². The van der Waals surface area contributed by atoms with Gasteiger partial charge in [0.1, 0.15) is 0 Å². The Kier molecular flexibility index (Phi) is 6.05. The van der Waals surface area contributed by atoms with Crippen LogP contribution in [-0.4, -0.2) is 35.8 Å². The second-order valence-electron chi connectivity index (χ2n) is 6.16. The minimum Gasteiger partial charge on any atom is -0.492 e. The van der Waals surface area contributed by atoms with Crippen LogP contribution >= 0.6 is 0 Å². The number of rotatable bonds is 6. The maximum atomic E-state index is 12.7. The van der Waals surface area contributed by atoms with Crippen molar-refractivity contribution in [3.05, 3.63) is 34.5 Å². The number of Topliss-reactive ketones (excluding diaryl/α,β-unsaturated/α-hetero) is 1. The van der Waals surface area contributed by atoms with Gasteiger partial charge in [0, 0.05) is 5.57 Å². The van der Waals surface area contributed by atoms with Crippen LogP contribution in [0.1, 0.15) is 48.5 Å². The Hall–Kier alpha value is -1.75. The fourth-order valence-corrected chi connectivity index (χ4v) is 2.52. The molecule has 0 aromatic carbocycles. The molecule has 5 heteroatoms. The predicted molar refractivity (Wildman–Crippen MR) is 88.6 cm³/mol. The van der Waals surface area contributed by atoms with Crippen LogP contribution in [0.2, 0.25) is 0 Å². The van der Waals surface area contributed by atoms with Crippen LogP contribution in [0.4, 0.5) is 0 Å². The van der Waals surface area contributed by atoms with E-state index in [2.05, 4.69) is 0 Å². The maximum Gasteiger partial charge on any atom is 0.265 e. The highest BCUT2D eigenvalue weighted by atomic mass is 16.5. The second-order valence-corrected chi connectivity index (χ2v) is 6.16. The zero-order valence-corrected chi connectivity index (χ0v) is 15.3. The van der Waals surface area contributed by atoms with E-state index in [-0.39, 0.29) is 29.5 Å². The molecule has 0 radical (unpaired) electrons. The molecule has 0 aromatic rings. The van der Waals surface area contributed by atoms with Gasteiger partial charge in [-0.05, 0) is 54.0 Å². The summed E-state index contributed by atoms with van der Waals surface area (Å²) in [5, 5.41) is 11.4. The Morgan fingerprint density at radius 1 is 1.13 bits per heavy atom. The molecule has 130 valence electrons. The number of allylic oxidation sites excluding steroid dienone is 1. The molecule has 1 aliphatic carbocycles. The lowest BCUT2D eigenvalue weighted by Crippen LogP contribution is -2.43. The van der Waals surface area contributed by atoms with Crippen LogP contribution in [0.15, 0.2) is 34.5 Å². The van der Waals surface area contributed by atoms with Gasteiger partial charge in [-0.25, -0.2) is 0 Å². The average molecular weight is 324 g/mol. The molecule has 23 heavy (non-hydrogen) atoms. The van der Waals surface area contributed by atoms with Crippen LogP contribution in [0.25, 0.3) is 0 Å². The molecule has 0 bridgehead atoms. The van der Waals surface area contributed by atoms with Crippen LogP contribution in [0, 0.1) is 0 Å². The Labute approximate surface area is 138 Å². The average Bonchev–Trinajstić information content (AvgIpc) is 2.47. The largest absolute Gasteiger partial charge is 0.492 e. The van der Waals surface area contributed by atoms with Gasteiger partial charge in [-0.1, -0.05) is 6.08 Å². The lowest BCUT2D eigenvalue weighted by Gasteiger charge is -2.38. The number of carbonyl (C=O) groups excluding carboxylic acids is 1. The number of hydrogen-bond donors (Lipinski definition) is 1. The maximum absolute atomic E-state index is 12.7.